The minimum absolute atomic E-state index is 0.170. The van der Waals surface area contributed by atoms with E-state index in [4.69, 9.17) is 5.73 Å². The summed E-state index contributed by atoms with van der Waals surface area (Å²) in [5.41, 5.74) is 5.39. The largest absolute Gasteiger partial charge is 0.353 e. The Morgan fingerprint density at radius 2 is 1.31 bits per heavy atom. The van der Waals surface area contributed by atoms with Gasteiger partial charge in [-0.25, -0.2) is 0 Å². The monoisotopic (exact) mass is 231 g/mol. The Hall–Kier alpha value is -0.120. The number of nitrogens with two attached hydrogens (primary N) is 1. The van der Waals surface area contributed by atoms with Crippen molar-refractivity contribution in [3.63, 3.8) is 0 Å². The standard InChI is InChI=1S/C13H29NO2/c1-3-5-7-9-11-12(13(14,15)16)10-8-6-4-2/h12,15-16H,3-11,14H2,1-2H3. The van der Waals surface area contributed by atoms with E-state index in [-0.39, 0.29) is 5.92 Å². The molecule has 0 aromatic heterocycles. The predicted molar refractivity (Wildman–Crippen MR) is 67.7 cm³/mol. The van der Waals surface area contributed by atoms with Crippen LogP contribution in [0, 0.1) is 5.92 Å². The smallest absolute Gasteiger partial charge is 0.222 e. The van der Waals surface area contributed by atoms with Gasteiger partial charge >= 0.3 is 0 Å². The maximum atomic E-state index is 9.47. The Balaban J connectivity index is 3.82. The summed E-state index contributed by atoms with van der Waals surface area (Å²) in [6.45, 7) is 4.31. The summed E-state index contributed by atoms with van der Waals surface area (Å²) in [5.74, 6) is -2.16. The molecule has 4 N–H and O–H groups in total. The van der Waals surface area contributed by atoms with Gasteiger partial charge in [-0.2, -0.15) is 0 Å². The molecule has 0 fully saturated rings. The first kappa shape index (κ1) is 15.9. The van der Waals surface area contributed by atoms with Crippen LogP contribution in [0.5, 0.6) is 0 Å². The first-order chi connectivity index (χ1) is 7.52. The lowest BCUT2D eigenvalue weighted by Crippen LogP contribution is -2.47. The van der Waals surface area contributed by atoms with Crippen LogP contribution < -0.4 is 5.73 Å². The van der Waals surface area contributed by atoms with Gasteiger partial charge in [-0.1, -0.05) is 58.8 Å². The SMILES string of the molecule is CCCCCCC(CCCCC)C(N)(O)O. The van der Waals surface area contributed by atoms with Crippen molar-refractivity contribution >= 4 is 0 Å². The van der Waals surface area contributed by atoms with Gasteiger partial charge in [0.2, 0.25) is 5.91 Å². The van der Waals surface area contributed by atoms with E-state index in [1.165, 1.54) is 12.8 Å². The van der Waals surface area contributed by atoms with Crippen LogP contribution in [-0.4, -0.2) is 16.1 Å². The van der Waals surface area contributed by atoms with Gasteiger partial charge in [0.1, 0.15) is 0 Å². The zero-order valence-electron chi connectivity index (χ0n) is 10.9. The van der Waals surface area contributed by atoms with Gasteiger partial charge < -0.3 is 10.2 Å². The molecule has 0 saturated heterocycles. The quantitative estimate of drug-likeness (QED) is 0.400. The summed E-state index contributed by atoms with van der Waals surface area (Å²) in [6.07, 6.45) is 9.61. The van der Waals surface area contributed by atoms with Gasteiger partial charge in [-0.05, 0) is 12.8 Å². The molecule has 1 atom stereocenters. The summed E-state index contributed by atoms with van der Waals surface area (Å²) < 4.78 is 0. The fourth-order valence-corrected chi connectivity index (χ4v) is 2.03. The van der Waals surface area contributed by atoms with Crippen LogP contribution in [0.2, 0.25) is 0 Å². The highest BCUT2D eigenvalue weighted by Gasteiger charge is 2.28. The van der Waals surface area contributed by atoms with Crippen molar-refractivity contribution in [1.82, 2.24) is 0 Å². The molecule has 3 heteroatoms. The summed E-state index contributed by atoms with van der Waals surface area (Å²) in [7, 11) is 0. The fourth-order valence-electron chi connectivity index (χ4n) is 2.03. The average molecular weight is 231 g/mol. The Kier molecular flexibility index (Phi) is 8.90. The molecule has 0 aliphatic heterocycles. The molecule has 0 saturated carbocycles. The lowest BCUT2D eigenvalue weighted by atomic mass is 9.91. The van der Waals surface area contributed by atoms with Crippen molar-refractivity contribution in [1.29, 1.82) is 0 Å². The summed E-state index contributed by atoms with van der Waals surface area (Å²) in [6, 6.07) is 0. The second kappa shape index (κ2) is 8.97. The van der Waals surface area contributed by atoms with Crippen LogP contribution in [0.15, 0.2) is 0 Å². The summed E-state index contributed by atoms with van der Waals surface area (Å²) in [4.78, 5) is 0. The Morgan fingerprint density at radius 1 is 0.875 bits per heavy atom. The van der Waals surface area contributed by atoms with Gasteiger partial charge in [-0.3, -0.25) is 5.73 Å². The second-order valence-corrected chi connectivity index (χ2v) is 4.83. The van der Waals surface area contributed by atoms with E-state index in [1.807, 2.05) is 0 Å². The van der Waals surface area contributed by atoms with E-state index in [1.54, 1.807) is 0 Å². The van der Waals surface area contributed by atoms with Crippen LogP contribution >= 0.6 is 0 Å². The lowest BCUT2D eigenvalue weighted by molar-refractivity contribution is -0.199. The third-order valence-corrected chi connectivity index (χ3v) is 3.16. The molecule has 0 aromatic carbocycles. The molecule has 3 nitrogen and oxygen atoms in total. The number of hydrogen-bond donors (Lipinski definition) is 3. The molecule has 0 radical (unpaired) electrons. The van der Waals surface area contributed by atoms with Crippen LogP contribution in [0.4, 0.5) is 0 Å². The third-order valence-electron chi connectivity index (χ3n) is 3.16. The van der Waals surface area contributed by atoms with Crippen LogP contribution in [0.25, 0.3) is 0 Å². The molecule has 0 aliphatic carbocycles. The van der Waals surface area contributed by atoms with Crippen molar-refractivity contribution in [2.24, 2.45) is 11.7 Å². The molecule has 0 aliphatic rings. The van der Waals surface area contributed by atoms with Gasteiger partial charge in [0.15, 0.2) is 0 Å². The van der Waals surface area contributed by atoms with Gasteiger partial charge in [0, 0.05) is 5.92 Å². The lowest BCUT2D eigenvalue weighted by Gasteiger charge is -2.27. The number of aliphatic hydroxyl groups is 2. The zero-order valence-corrected chi connectivity index (χ0v) is 10.9. The van der Waals surface area contributed by atoms with E-state index < -0.39 is 5.91 Å². The molecule has 0 heterocycles. The molecule has 1 unspecified atom stereocenters. The van der Waals surface area contributed by atoms with Crippen molar-refractivity contribution in [3.8, 4) is 0 Å². The van der Waals surface area contributed by atoms with E-state index in [9.17, 15) is 10.2 Å². The van der Waals surface area contributed by atoms with Crippen molar-refractivity contribution in [3.05, 3.63) is 0 Å². The Labute approximate surface area is 100 Å². The molecule has 0 aromatic rings. The van der Waals surface area contributed by atoms with Crippen LogP contribution in [0.1, 0.15) is 71.6 Å². The maximum Gasteiger partial charge on any atom is 0.222 e. The zero-order chi connectivity index (χ0) is 12.4. The molecule has 0 spiro atoms. The highest BCUT2D eigenvalue weighted by Crippen LogP contribution is 2.23. The van der Waals surface area contributed by atoms with E-state index in [0.29, 0.717) is 0 Å². The molecule has 98 valence electrons. The van der Waals surface area contributed by atoms with Gasteiger partial charge in [-0.15, -0.1) is 0 Å². The topological polar surface area (TPSA) is 66.5 Å². The van der Waals surface area contributed by atoms with E-state index in [0.717, 1.165) is 44.9 Å². The van der Waals surface area contributed by atoms with E-state index in [2.05, 4.69) is 13.8 Å². The second-order valence-electron chi connectivity index (χ2n) is 4.83. The molecule has 0 rings (SSSR count). The van der Waals surface area contributed by atoms with Gasteiger partial charge in [0.05, 0.1) is 0 Å². The average Bonchev–Trinajstić information content (AvgIpc) is 2.20. The maximum absolute atomic E-state index is 9.47. The van der Waals surface area contributed by atoms with Crippen molar-refractivity contribution in [2.45, 2.75) is 77.5 Å². The first-order valence-corrected chi connectivity index (χ1v) is 6.76. The number of unbranched alkanes of at least 4 members (excludes halogenated alkanes) is 5. The Bertz CT molecular complexity index is 155. The summed E-state index contributed by atoms with van der Waals surface area (Å²) in [5, 5.41) is 18.9. The third kappa shape index (κ3) is 8.08. The number of rotatable bonds is 10. The predicted octanol–water partition coefficient (Wildman–Crippen LogP) is 2.75. The van der Waals surface area contributed by atoms with E-state index >= 15 is 0 Å². The minimum atomic E-state index is -1.99. The fraction of sp³-hybridized carbons (Fsp3) is 1.00. The van der Waals surface area contributed by atoms with Crippen LogP contribution in [0.3, 0.4) is 0 Å². The highest BCUT2D eigenvalue weighted by atomic mass is 16.5. The molecular weight excluding hydrogens is 202 g/mol. The summed E-state index contributed by atoms with van der Waals surface area (Å²) >= 11 is 0. The molecule has 0 bridgehead atoms. The Morgan fingerprint density at radius 3 is 1.75 bits per heavy atom. The normalized spacial score (nSPS) is 14.1. The van der Waals surface area contributed by atoms with Crippen molar-refractivity contribution in [2.75, 3.05) is 0 Å². The number of hydrogen-bond acceptors (Lipinski definition) is 3. The van der Waals surface area contributed by atoms with Gasteiger partial charge in [0.25, 0.3) is 0 Å². The molecular formula is C13H29NO2. The molecule has 0 amide bonds. The minimum Gasteiger partial charge on any atom is -0.353 e. The highest BCUT2D eigenvalue weighted by molar-refractivity contribution is 4.70. The molecule has 16 heavy (non-hydrogen) atoms. The van der Waals surface area contributed by atoms with Crippen molar-refractivity contribution < 1.29 is 10.2 Å². The van der Waals surface area contributed by atoms with Crippen LogP contribution in [-0.2, 0) is 0 Å². The first-order valence-electron chi connectivity index (χ1n) is 6.76.